The van der Waals surface area contributed by atoms with Crippen LogP contribution in [0.4, 0.5) is 5.69 Å². The van der Waals surface area contributed by atoms with Gasteiger partial charge in [0, 0.05) is 23.9 Å². The third kappa shape index (κ3) is 4.04. The van der Waals surface area contributed by atoms with E-state index in [1.807, 2.05) is 6.92 Å². The summed E-state index contributed by atoms with van der Waals surface area (Å²) >= 11 is 0. The fraction of sp³-hybridized carbons (Fsp3) is 0.533. The lowest BCUT2D eigenvalue weighted by atomic mass is 9.94. The largest absolute Gasteiger partial charge is 0.326 e. The average Bonchev–Trinajstić information content (AvgIpc) is 2.77. The van der Waals surface area contributed by atoms with Gasteiger partial charge >= 0.3 is 0 Å². The van der Waals surface area contributed by atoms with Gasteiger partial charge in [-0.3, -0.25) is 4.79 Å². The molecular weight excluding hydrogens is 288 g/mol. The van der Waals surface area contributed by atoms with Crippen LogP contribution in [0.5, 0.6) is 0 Å². The molecule has 1 fully saturated rings. The number of sulfone groups is 1. The third-order valence-corrected chi connectivity index (χ3v) is 5.13. The quantitative estimate of drug-likeness (QED) is 0.890. The van der Waals surface area contributed by atoms with Crippen molar-refractivity contribution in [3.8, 4) is 0 Å². The van der Waals surface area contributed by atoms with Crippen molar-refractivity contribution in [3.05, 3.63) is 23.8 Å². The molecular formula is C15H22N2O3S. The van der Waals surface area contributed by atoms with E-state index in [1.54, 1.807) is 12.1 Å². The van der Waals surface area contributed by atoms with E-state index in [-0.39, 0.29) is 17.2 Å². The first-order chi connectivity index (χ1) is 9.70. The van der Waals surface area contributed by atoms with Crippen LogP contribution in [0.1, 0.15) is 37.7 Å². The van der Waals surface area contributed by atoms with Gasteiger partial charge in [-0.2, -0.15) is 0 Å². The summed E-state index contributed by atoms with van der Waals surface area (Å²) in [6.45, 7) is 1.83. The minimum absolute atomic E-state index is 0.159. The summed E-state index contributed by atoms with van der Waals surface area (Å²) < 4.78 is 23.2. The molecule has 1 amide bonds. The summed E-state index contributed by atoms with van der Waals surface area (Å²) in [4.78, 5) is 12.3. The van der Waals surface area contributed by atoms with E-state index in [2.05, 4.69) is 5.32 Å². The molecule has 1 aliphatic carbocycles. The van der Waals surface area contributed by atoms with E-state index >= 15 is 0 Å². The molecule has 0 aliphatic heterocycles. The smallest absolute Gasteiger partial charge is 0.226 e. The van der Waals surface area contributed by atoms with Crippen molar-refractivity contribution in [2.24, 2.45) is 5.73 Å². The Morgan fingerprint density at radius 3 is 2.52 bits per heavy atom. The van der Waals surface area contributed by atoms with Gasteiger partial charge in [-0.05, 0) is 37.5 Å². The van der Waals surface area contributed by atoms with Crippen LogP contribution in [0.25, 0.3) is 0 Å². The molecule has 0 atom stereocenters. The maximum absolute atomic E-state index is 12.1. The normalized spacial score (nSPS) is 17.7. The van der Waals surface area contributed by atoms with Gasteiger partial charge in [0.15, 0.2) is 9.84 Å². The van der Waals surface area contributed by atoms with Crippen molar-refractivity contribution in [1.82, 2.24) is 0 Å². The summed E-state index contributed by atoms with van der Waals surface area (Å²) in [5, 5.41) is 2.79. The topological polar surface area (TPSA) is 89.3 Å². The second-order valence-electron chi connectivity index (χ2n) is 6.04. The second-order valence-corrected chi connectivity index (χ2v) is 8.06. The number of rotatable bonds is 4. The Hall–Kier alpha value is -1.40. The summed E-state index contributed by atoms with van der Waals surface area (Å²) in [5.74, 6) is -0.159. The molecule has 5 nitrogen and oxygen atoms in total. The molecule has 116 valence electrons. The first-order valence-electron chi connectivity index (χ1n) is 7.09. The molecule has 6 heteroatoms. The Morgan fingerprint density at radius 1 is 1.33 bits per heavy atom. The van der Waals surface area contributed by atoms with Crippen LogP contribution < -0.4 is 11.1 Å². The molecule has 1 aromatic carbocycles. The number of anilines is 1. The highest BCUT2D eigenvalue weighted by Crippen LogP contribution is 2.30. The highest BCUT2D eigenvalue weighted by atomic mass is 32.2. The molecule has 0 radical (unpaired) electrons. The third-order valence-electron chi connectivity index (χ3n) is 4.02. The molecule has 2 rings (SSSR count). The molecule has 21 heavy (non-hydrogen) atoms. The molecule has 0 aromatic heterocycles. The highest BCUT2D eigenvalue weighted by Gasteiger charge is 2.31. The van der Waals surface area contributed by atoms with Crippen LogP contribution >= 0.6 is 0 Å². The van der Waals surface area contributed by atoms with E-state index < -0.39 is 15.4 Å². The Kier molecular flexibility index (Phi) is 4.39. The van der Waals surface area contributed by atoms with Gasteiger partial charge in [0.2, 0.25) is 5.91 Å². The van der Waals surface area contributed by atoms with Crippen LogP contribution in [-0.4, -0.2) is 26.1 Å². The number of hydrogen-bond acceptors (Lipinski definition) is 4. The number of nitrogens with two attached hydrogens (primary N) is 1. The molecule has 3 N–H and O–H groups in total. The molecule has 0 heterocycles. The van der Waals surface area contributed by atoms with E-state index in [4.69, 9.17) is 5.73 Å². The molecule has 0 unspecified atom stereocenters. The standard InChI is InChI=1S/C15H22N2O3S/c1-11-5-6-12(21(2,19)20)9-13(11)17-14(18)10-15(16)7-3-4-8-15/h5-6,9H,3-4,7-8,10,16H2,1-2H3,(H,17,18). The van der Waals surface area contributed by atoms with Crippen LogP contribution in [0, 0.1) is 6.92 Å². The number of amides is 1. The van der Waals surface area contributed by atoms with Gasteiger partial charge in [-0.15, -0.1) is 0 Å². The number of benzene rings is 1. The summed E-state index contributed by atoms with van der Waals surface area (Å²) in [7, 11) is -3.29. The average molecular weight is 310 g/mol. The van der Waals surface area contributed by atoms with Crippen molar-refractivity contribution in [1.29, 1.82) is 0 Å². The molecule has 1 aromatic rings. The summed E-state index contributed by atoms with van der Waals surface area (Å²) in [6, 6.07) is 4.74. The van der Waals surface area contributed by atoms with Crippen LogP contribution in [0.2, 0.25) is 0 Å². The zero-order chi connectivity index (χ0) is 15.7. The number of hydrogen-bond donors (Lipinski definition) is 2. The Bertz CT molecular complexity index is 647. The van der Waals surface area contributed by atoms with Crippen molar-refractivity contribution < 1.29 is 13.2 Å². The molecule has 0 saturated heterocycles. The van der Waals surface area contributed by atoms with Crippen molar-refractivity contribution >= 4 is 21.4 Å². The lowest BCUT2D eigenvalue weighted by Gasteiger charge is -2.22. The fourth-order valence-corrected chi connectivity index (χ4v) is 3.38. The zero-order valence-corrected chi connectivity index (χ0v) is 13.3. The number of carbonyl (C=O) groups excluding carboxylic acids is 1. The number of carbonyl (C=O) groups is 1. The maximum atomic E-state index is 12.1. The van der Waals surface area contributed by atoms with Gasteiger partial charge in [0.05, 0.1) is 4.90 Å². The van der Waals surface area contributed by atoms with Gasteiger partial charge < -0.3 is 11.1 Å². The summed E-state index contributed by atoms with van der Waals surface area (Å²) in [6.07, 6.45) is 5.27. The second kappa shape index (κ2) is 5.77. The van der Waals surface area contributed by atoms with Gasteiger partial charge in [-0.1, -0.05) is 18.9 Å². The van der Waals surface area contributed by atoms with E-state index in [1.165, 1.54) is 6.07 Å². The van der Waals surface area contributed by atoms with Gasteiger partial charge in [0.1, 0.15) is 0 Å². The fourth-order valence-electron chi connectivity index (χ4n) is 2.74. The van der Waals surface area contributed by atoms with Crippen molar-refractivity contribution in [2.45, 2.75) is 49.5 Å². The first-order valence-corrected chi connectivity index (χ1v) is 8.98. The molecule has 0 bridgehead atoms. The van der Waals surface area contributed by atoms with E-state index in [0.717, 1.165) is 37.5 Å². The Balaban J connectivity index is 2.13. The summed E-state index contributed by atoms with van der Waals surface area (Å²) in [5.41, 5.74) is 7.14. The van der Waals surface area contributed by atoms with Crippen LogP contribution in [0.15, 0.2) is 23.1 Å². The van der Waals surface area contributed by atoms with E-state index in [9.17, 15) is 13.2 Å². The van der Waals surface area contributed by atoms with E-state index in [0.29, 0.717) is 5.69 Å². The minimum Gasteiger partial charge on any atom is -0.326 e. The number of aryl methyl sites for hydroxylation is 1. The first kappa shape index (κ1) is 16.0. The molecule has 0 spiro atoms. The van der Waals surface area contributed by atoms with Gasteiger partial charge in [0.25, 0.3) is 0 Å². The van der Waals surface area contributed by atoms with Crippen LogP contribution in [-0.2, 0) is 14.6 Å². The minimum atomic E-state index is -3.29. The SMILES string of the molecule is Cc1ccc(S(C)(=O)=O)cc1NC(=O)CC1(N)CCCC1. The van der Waals surface area contributed by atoms with Gasteiger partial charge in [-0.25, -0.2) is 8.42 Å². The lowest BCUT2D eigenvalue weighted by Crippen LogP contribution is -2.40. The molecule has 1 saturated carbocycles. The maximum Gasteiger partial charge on any atom is 0.226 e. The van der Waals surface area contributed by atoms with Crippen molar-refractivity contribution in [3.63, 3.8) is 0 Å². The Labute approximate surface area is 125 Å². The van der Waals surface area contributed by atoms with Crippen molar-refractivity contribution in [2.75, 3.05) is 11.6 Å². The Morgan fingerprint density at radius 2 is 1.95 bits per heavy atom. The lowest BCUT2D eigenvalue weighted by molar-refractivity contribution is -0.117. The highest BCUT2D eigenvalue weighted by molar-refractivity contribution is 7.90. The van der Waals surface area contributed by atoms with Crippen LogP contribution in [0.3, 0.4) is 0 Å². The number of nitrogens with one attached hydrogen (secondary N) is 1. The predicted octanol–water partition coefficient (Wildman–Crippen LogP) is 2.00. The predicted molar refractivity (Wildman–Crippen MR) is 82.9 cm³/mol. The monoisotopic (exact) mass is 310 g/mol. The molecule has 1 aliphatic rings. The zero-order valence-electron chi connectivity index (χ0n) is 12.5.